The van der Waals surface area contributed by atoms with Gasteiger partial charge < -0.3 is 10.3 Å². The van der Waals surface area contributed by atoms with Crippen LogP contribution >= 0.6 is 0 Å². The molecule has 0 fully saturated rings. The maximum Gasteiger partial charge on any atom is 0.235 e. The minimum atomic E-state index is 0.297. The number of imidazole rings is 1. The topological polar surface area (TPSA) is 100 Å². The Morgan fingerprint density at radius 1 is 1.04 bits per heavy atom. The second-order valence-electron chi connectivity index (χ2n) is 6.14. The fourth-order valence-corrected chi connectivity index (χ4v) is 3.50. The molecular formula is C19H16N8. The zero-order valence-corrected chi connectivity index (χ0v) is 14.6. The normalized spacial score (nSPS) is 11.4. The number of anilines is 1. The lowest BCUT2D eigenvalue weighted by atomic mass is 10.00. The third-order valence-electron chi connectivity index (χ3n) is 4.68. The molecule has 4 heterocycles. The van der Waals surface area contributed by atoms with Crippen molar-refractivity contribution < 1.29 is 0 Å². The molecule has 2 N–H and O–H groups in total. The summed E-state index contributed by atoms with van der Waals surface area (Å²) in [6.07, 6.45) is 8.73. The summed E-state index contributed by atoms with van der Waals surface area (Å²) in [5, 5.41) is 6.41. The first kappa shape index (κ1) is 15.4. The van der Waals surface area contributed by atoms with E-state index in [1.165, 1.54) is 6.33 Å². The average molecular weight is 356 g/mol. The highest BCUT2D eigenvalue weighted by Gasteiger charge is 2.19. The van der Waals surface area contributed by atoms with Crippen LogP contribution in [0.3, 0.4) is 0 Å². The highest BCUT2D eigenvalue weighted by molar-refractivity contribution is 6.03. The molecule has 1 aromatic carbocycles. The number of fused-ring (bicyclic) bond motifs is 2. The van der Waals surface area contributed by atoms with E-state index in [0.29, 0.717) is 18.4 Å². The Morgan fingerprint density at radius 2 is 1.96 bits per heavy atom. The number of hydrogen-bond acceptors (Lipinski definition) is 6. The fraction of sp³-hybridized carbons (Fsp3) is 0.105. The van der Waals surface area contributed by atoms with Gasteiger partial charge >= 0.3 is 0 Å². The number of nitrogens with two attached hydrogens (primary N) is 1. The summed E-state index contributed by atoms with van der Waals surface area (Å²) in [6.45, 7) is 2.77. The Morgan fingerprint density at radius 3 is 2.78 bits per heavy atom. The molecule has 0 saturated heterocycles. The van der Waals surface area contributed by atoms with E-state index in [-0.39, 0.29) is 0 Å². The molecular weight excluding hydrogens is 340 g/mol. The van der Waals surface area contributed by atoms with Gasteiger partial charge in [-0.3, -0.25) is 9.97 Å². The third kappa shape index (κ3) is 2.27. The number of nitrogen functional groups attached to an aromatic ring is 1. The van der Waals surface area contributed by atoms with E-state index in [1.807, 2.05) is 24.5 Å². The summed E-state index contributed by atoms with van der Waals surface area (Å²) in [4.78, 5) is 17.4. The van der Waals surface area contributed by atoms with Crippen LogP contribution < -0.4 is 5.73 Å². The lowest BCUT2D eigenvalue weighted by Crippen LogP contribution is -2.10. The highest BCUT2D eigenvalue weighted by atomic mass is 15.4. The Balaban J connectivity index is 1.86. The molecule has 0 spiro atoms. The van der Waals surface area contributed by atoms with Crippen molar-refractivity contribution in [2.75, 3.05) is 5.73 Å². The van der Waals surface area contributed by atoms with Gasteiger partial charge in [0.25, 0.3) is 0 Å². The number of rotatable bonds is 3. The van der Waals surface area contributed by atoms with Crippen molar-refractivity contribution in [2.24, 2.45) is 0 Å². The quantitative estimate of drug-likeness (QED) is 0.533. The number of hydrogen-bond donors (Lipinski definition) is 1. The van der Waals surface area contributed by atoms with Gasteiger partial charge in [-0.15, -0.1) is 0 Å². The summed E-state index contributed by atoms with van der Waals surface area (Å²) in [5.74, 6) is 0.921. The molecule has 0 bridgehead atoms. The van der Waals surface area contributed by atoms with Gasteiger partial charge in [-0.05, 0) is 23.9 Å². The van der Waals surface area contributed by atoms with Crippen molar-refractivity contribution in [1.29, 1.82) is 0 Å². The van der Waals surface area contributed by atoms with Gasteiger partial charge in [0.05, 0.1) is 11.7 Å². The van der Waals surface area contributed by atoms with Crippen LogP contribution in [0, 0.1) is 0 Å². The monoisotopic (exact) mass is 356 g/mol. The first-order chi connectivity index (χ1) is 13.3. The lowest BCUT2D eigenvalue weighted by Gasteiger charge is -2.11. The molecule has 0 saturated carbocycles. The number of pyridine rings is 2. The van der Waals surface area contributed by atoms with Gasteiger partial charge in [0, 0.05) is 36.1 Å². The van der Waals surface area contributed by atoms with E-state index in [4.69, 9.17) is 10.7 Å². The molecule has 0 aliphatic heterocycles. The van der Waals surface area contributed by atoms with E-state index in [2.05, 4.69) is 43.7 Å². The van der Waals surface area contributed by atoms with Crippen molar-refractivity contribution in [2.45, 2.75) is 13.5 Å². The first-order valence-corrected chi connectivity index (χ1v) is 8.61. The molecule has 8 heteroatoms. The summed E-state index contributed by atoms with van der Waals surface area (Å²) >= 11 is 0. The second-order valence-corrected chi connectivity index (χ2v) is 6.14. The smallest absolute Gasteiger partial charge is 0.235 e. The molecule has 132 valence electrons. The molecule has 5 aromatic rings. The Labute approximate surface area is 154 Å². The zero-order valence-electron chi connectivity index (χ0n) is 14.6. The van der Waals surface area contributed by atoms with Crippen LogP contribution in [0.15, 0.2) is 55.4 Å². The van der Waals surface area contributed by atoms with Crippen LogP contribution in [0.5, 0.6) is 0 Å². The van der Waals surface area contributed by atoms with E-state index in [0.717, 1.165) is 32.9 Å². The van der Waals surface area contributed by atoms with Crippen molar-refractivity contribution in [1.82, 2.24) is 34.3 Å². The Bertz CT molecular complexity index is 1280. The van der Waals surface area contributed by atoms with Crippen molar-refractivity contribution in [3.8, 4) is 17.1 Å². The number of aryl methyl sites for hydroxylation is 1. The summed E-state index contributed by atoms with van der Waals surface area (Å²) < 4.78 is 3.62. The Hall–Kier alpha value is -3.81. The maximum atomic E-state index is 5.96. The second kappa shape index (κ2) is 5.87. The van der Waals surface area contributed by atoms with E-state index < -0.39 is 0 Å². The van der Waals surface area contributed by atoms with Crippen LogP contribution in [0.1, 0.15) is 6.92 Å². The maximum absolute atomic E-state index is 5.96. The molecule has 8 nitrogen and oxygen atoms in total. The molecule has 0 aliphatic carbocycles. The van der Waals surface area contributed by atoms with Gasteiger partial charge in [-0.1, -0.05) is 18.2 Å². The van der Waals surface area contributed by atoms with Crippen LogP contribution in [-0.4, -0.2) is 34.3 Å². The SMILES string of the molecule is CCn1c(-n2ncnc2N)nc2cncc(-c3cccc4cnccc34)c21. The predicted octanol–water partition coefficient (Wildman–Crippen LogP) is 2.83. The molecule has 0 radical (unpaired) electrons. The van der Waals surface area contributed by atoms with Crippen LogP contribution in [-0.2, 0) is 6.54 Å². The van der Waals surface area contributed by atoms with E-state index in [9.17, 15) is 0 Å². The molecule has 4 aromatic heterocycles. The minimum Gasteiger partial charge on any atom is -0.368 e. The van der Waals surface area contributed by atoms with E-state index >= 15 is 0 Å². The summed E-state index contributed by atoms with van der Waals surface area (Å²) in [7, 11) is 0. The van der Waals surface area contributed by atoms with Gasteiger partial charge in [0.1, 0.15) is 11.8 Å². The average Bonchev–Trinajstić information content (AvgIpc) is 3.30. The van der Waals surface area contributed by atoms with Crippen LogP contribution in [0.25, 0.3) is 38.9 Å². The summed E-state index contributed by atoms with van der Waals surface area (Å²) in [5.41, 5.74) is 9.81. The van der Waals surface area contributed by atoms with Crippen LogP contribution in [0.4, 0.5) is 5.95 Å². The molecule has 5 rings (SSSR count). The highest BCUT2D eigenvalue weighted by Crippen LogP contribution is 2.34. The van der Waals surface area contributed by atoms with Gasteiger partial charge in [0.15, 0.2) is 0 Å². The largest absolute Gasteiger partial charge is 0.368 e. The fourth-order valence-electron chi connectivity index (χ4n) is 3.50. The van der Waals surface area contributed by atoms with Crippen molar-refractivity contribution in [3.05, 3.63) is 55.4 Å². The van der Waals surface area contributed by atoms with E-state index in [1.54, 1.807) is 17.1 Å². The van der Waals surface area contributed by atoms with Crippen molar-refractivity contribution in [3.63, 3.8) is 0 Å². The predicted molar refractivity (Wildman–Crippen MR) is 103 cm³/mol. The number of aromatic nitrogens is 7. The van der Waals surface area contributed by atoms with Gasteiger partial charge in [0.2, 0.25) is 11.9 Å². The molecule has 0 amide bonds. The molecule has 0 atom stereocenters. The molecule has 0 aliphatic rings. The minimum absolute atomic E-state index is 0.297. The standard InChI is InChI=1S/C19H16N8/c1-2-26-17-15(14-5-3-4-12-8-21-7-6-13(12)14)9-22-10-16(17)25-19(26)27-18(20)23-11-24-27/h3-11H,2H2,1H3,(H2,20,23,24). The zero-order chi connectivity index (χ0) is 18.4. The Kier molecular flexibility index (Phi) is 3.36. The molecule has 27 heavy (non-hydrogen) atoms. The molecule has 0 unspecified atom stereocenters. The third-order valence-corrected chi connectivity index (χ3v) is 4.68. The lowest BCUT2D eigenvalue weighted by molar-refractivity contribution is 0.706. The summed E-state index contributed by atoms with van der Waals surface area (Å²) in [6, 6.07) is 8.20. The van der Waals surface area contributed by atoms with Gasteiger partial charge in [-0.25, -0.2) is 4.98 Å². The number of benzene rings is 1. The van der Waals surface area contributed by atoms with Gasteiger partial charge in [-0.2, -0.15) is 14.8 Å². The van der Waals surface area contributed by atoms with Crippen molar-refractivity contribution >= 4 is 27.8 Å². The number of nitrogens with zero attached hydrogens (tertiary/aromatic N) is 7. The first-order valence-electron chi connectivity index (χ1n) is 8.61. The van der Waals surface area contributed by atoms with Crippen LogP contribution in [0.2, 0.25) is 0 Å².